The highest BCUT2D eigenvalue weighted by atomic mass is 32.2. The SMILES string of the molecule is CCC1(CO)COC(C(C)(C)CO)SC1. The first-order valence-electron chi connectivity index (χ1n) is 5.44. The van der Waals surface area contributed by atoms with Crippen molar-refractivity contribution in [1.82, 2.24) is 0 Å². The Balaban J connectivity index is 2.55. The molecule has 90 valence electrons. The highest BCUT2D eigenvalue weighted by Crippen LogP contribution is 2.41. The van der Waals surface area contributed by atoms with Crippen LogP contribution in [0.15, 0.2) is 0 Å². The average Bonchev–Trinajstić information content (AvgIpc) is 2.29. The van der Waals surface area contributed by atoms with Gasteiger partial charge in [0, 0.05) is 16.6 Å². The van der Waals surface area contributed by atoms with Crippen molar-refractivity contribution < 1.29 is 14.9 Å². The Labute approximate surface area is 96.2 Å². The lowest BCUT2D eigenvalue weighted by Crippen LogP contribution is -2.44. The summed E-state index contributed by atoms with van der Waals surface area (Å²) in [4.78, 5) is 0. The van der Waals surface area contributed by atoms with Crippen molar-refractivity contribution in [2.75, 3.05) is 25.6 Å². The molecule has 1 rings (SSSR count). The molecule has 0 aliphatic carbocycles. The van der Waals surface area contributed by atoms with Gasteiger partial charge in [0.05, 0.1) is 19.8 Å². The van der Waals surface area contributed by atoms with E-state index in [9.17, 15) is 10.2 Å². The lowest BCUT2D eigenvalue weighted by molar-refractivity contribution is -0.0542. The van der Waals surface area contributed by atoms with Crippen LogP contribution in [0, 0.1) is 10.8 Å². The van der Waals surface area contributed by atoms with Gasteiger partial charge in [0.2, 0.25) is 0 Å². The third kappa shape index (κ3) is 2.87. The van der Waals surface area contributed by atoms with Crippen LogP contribution < -0.4 is 0 Å². The normalized spacial score (nSPS) is 33.0. The van der Waals surface area contributed by atoms with Gasteiger partial charge < -0.3 is 14.9 Å². The number of rotatable bonds is 4. The molecule has 1 fully saturated rings. The Morgan fingerprint density at radius 3 is 2.47 bits per heavy atom. The third-order valence-corrected chi connectivity index (χ3v) is 5.07. The van der Waals surface area contributed by atoms with Crippen LogP contribution in [0.1, 0.15) is 27.2 Å². The molecule has 1 aliphatic rings. The van der Waals surface area contributed by atoms with Gasteiger partial charge in [-0.05, 0) is 6.42 Å². The summed E-state index contributed by atoms with van der Waals surface area (Å²) in [5.74, 6) is 0.911. The first-order chi connectivity index (χ1) is 6.99. The maximum Gasteiger partial charge on any atom is 0.110 e. The molecule has 1 heterocycles. The lowest BCUT2D eigenvalue weighted by Gasteiger charge is -2.42. The highest BCUT2D eigenvalue weighted by Gasteiger charge is 2.40. The van der Waals surface area contributed by atoms with Gasteiger partial charge in [-0.1, -0.05) is 20.8 Å². The van der Waals surface area contributed by atoms with Crippen molar-refractivity contribution in [2.24, 2.45) is 10.8 Å². The van der Waals surface area contributed by atoms with Gasteiger partial charge in [0.15, 0.2) is 0 Å². The van der Waals surface area contributed by atoms with Crippen LogP contribution in [0.4, 0.5) is 0 Å². The second-order valence-electron chi connectivity index (χ2n) is 5.11. The zero-order valence-corrected chi connectivity index (χ0v) is 10.6. The molecule has 0 radical (unpaired) electrons. The Kier molecular flexibility index (Phi) is 4.47. The summed E-state index contributed by atoms with van der Waals surface area (Å²) in [5.41, 5.74) is -0.249. The van der Waals surface area contributed by atoms with Gasteiger partial charge in [-0.15, -0.1) is 11.8 Å². The van der Waals surface area contributed by atoms with Crippen LogP contribution in [-0.2, 0) is 4.74 Å². The number of thioether (sulfide) groups is 1. The summed E-state index contributed by atoms with van der Waals surface area (Å²) >= 11 is 1.71. The summed E-state index contributed by atoms with van der Waals surface area (Å²) < 4.78 is 5.77. The number of ether oxygens (including phenoxy) is 1. The topological polar surface area (TPSA) is 49.7 Å². The smallest absolute Gasteiger partial charge is 0.110 e. The summed E-state index contributed by atoms with van der Waals surface area (Å²) in [6.45, 7) is 7.00. The molecule has 2 N–H and O–H groups in total. The highest BCUT2D eigenvalue weighted by molar-refractivity contribution is 7.99. The van der Waals surface area contributed by atoms with Gasteiger partial charge in [0.1, 0.15) is 5.44 Å². The molecule has 0 bridgehead atoms. The van der Waals surface area contributed by atoms with Gasteiger partial charge >= 0.3 is 0 Å². The van der Waals surface area contributed by atoms with Crippen molar-refractivity contribution in [1.29, 1.82) is 0 Å². The molecule has 3 nitrogen and oxygen atoms in total. The molecule has 1 saturated heterocycles. The fourth-order valence-corrected chi connectivity index (χ4v) is 3.10. The zero-order chi connectivity index (χ0) is 11.5. The number of aliphatic hydroxyl groups excluding tert-OH is 2. The van der Waals surface area contributed by atoms with E-state index in [1.54, 1.807) is 11.8 Å². The second kappa shape index (κ2) is 5.04. The van der Waals surface area contributed by atoms with Crippen molar-refractivity contribution >= 4 is 11.8 Å². The van der Waals surface area contributed by atoms with Crippen LogP contribution in [0.5, 0.6) is 0 Å². The monoisotopic (exact) mass is 234 g/mol. The molecule has 0 aromatic heterocycles. The summed E-state index contributed by atoms with van der Waals surface area (Å²) in [6.07, 6.45) is 0.933. The first-order valence-corrected chi connectivity index (χ1v) is 6.49. The number of hydrogen-bond acceptors (Lipinski definition) is 4. The van der Waals surface area contributed by atoms with Gasteiger partial charge in [-0.3, -0.25) is 0 Å². The van der Waals surface area contributed by atoms with Crippen LogP contribution in [0.25, 0.3) is 0 Å². The number of aliphatic hydroxyl groups is 2. The van der Waals surface area contributed by atoms with E-state index in [1.807, 2.05) is 13.8 Å². The summed E-state index contributed by atoms with van der Waals surface area (Å²) in [7, 11) is 0. The molecule has 0 spiro atoms. The number of hydrogen-bond donors (Lipinski definition) is 2. The van der Waals surface area contributed by atoms with Gasteiger partial charge in [-0.2, -0.15) is 0 Å². The van der Waals surface area contributed by atoms with E-state index in [-0.39, 0.29) is 29.5 Å². The van der Waals surface area contributed by atoms with E-state index < -0.39 is 0 Å². The molecule has 0 aromatic carbocycles. The van der Waals surface area contributed by atoms with Gasteiger partial charge in [-0.25, -0.2) is 0 Å². The molecule has 0 amide bonds. The second-order valence-corrected chi connectivity index (χ2v) is 6.16. The van der Waals surface area contributed by atoms with Crippen molar-refractivity contribution in [3.05, 3.63) is 0 Å². The van der Waals surface area contributed by atoms with Crippen molar-refractivity contribution in [2.45, 2.75) is 32.6 Å². The zero-order valence-electron chi connectivity index (χ0n) is 9.82. The van der Waals surface area contributed by atoms with Crippen LogP contribution in [-0.4, -0.2) is 41.2 Å². The van der Waals surface area contributed by atoms with Crippen molar-refractivity contribution in [3.8, 4) is 0 Å². The van der Waals surface area contributed by atoms with Crippen LogP contribution in [0.2, 0.25) is 0 Å². The maximum atomic E-state index is 9.35. The fraction of sp³-hybridized carbons (Fsp3) is 1.00. The van der Waals surface area contributed by atoms with E-state index in [4.69, 9.17) is 4.74 Å². The van der Waals surface area contributed by atoms with E-state index >= 15 is 0 Å². The molecule has 15 heavy (non-hydrogen) atoms. The van der Waals surface area contributed by atoms with Crippen molar-refractivity contribution in [3.63, 3.8) is 0 Å². The lowest BCUT2D eigenvalue weighted by atomic mass is 9.89. The predicted molar refractivity (Wildman–Crippen MR) is 62.9 cm³/mol. The van der Waals surface area contributed by atoms with Crippen LogP contribution in [0.3, 0.4) is 0 Å². The molecule has 2 atom stereocenters. The Bertz CT molecular complexity index is 192. The van der Waals surface area contributed by atoms with E-state index in [2.05, 4.69) is 6.92 Å². The first kappa shape index (κ1) is 13.3. The quantitative estimate of drug-likeness (QED) is 0.773. The largest absolute Gasteiger partial charge is 0.396 e. The molecular weight excluding hydrogens is 212 g/mol. The Hall–Kier alpha value is 0.230. The molecule has 1 aliphatic heterocycles. The minimum Gasteiger partial charge on any atom is -0.396 e. The molecule has 4 heteroatoms. The maximum absolute atomic E-state index is 9.35. The minimum absolute atomic E-state index is 0.0359. The summed E-state index contributed by atoms with van der Waals surface area (Å²) in [5, 5.41) is 18.6. The predicted octanol–water partition coefficient (Wildman–Crippen LogP) is 1.48. The third-order valence-electron chi connectivity index (χ3n) is 3.21. The van der Waals surface area contributed by atoms with Gasteiger partial charge in [0.25, 0.3) is 0 Å². The molecule has 2 unspecified atom stereocenters. The fourth-order valence-electron chi connectivity index (χ4n) is 1.53. The summed E-state index contributed by atoms with van der Waals surface area (Å²) in [6, 6.07) is 0. The minimum atomic E-state index is -0.208. The Morgan fingerprint density at radius 1 is 1.47 bits per heavy atom. The molecular formula is C11H22O3S. The van der Waals surface area contributed by atoms with E-state index in [0.29, 0.717) is 6.61 Å². The van der Waals surface area contributed by atoms with E-state index in [0.717, 1.165) is 12.2 Å². The molecule has 0 aromatic rings. The standard InChI is InChI=1S/C11H22O3S/c1-4-11(6-13)7-14-9(15-8-11)10(2,3)5-12/h9,12-13H,4-8H2,1-3H3. The molecule has 0 saturated carbocycles. The average molecular weight is 234 g/mol. The van der Waals surface area contributed by atoms with Crippen LogP contribution >= 0.6 is 11.8 Å². The van der Waals surface area contributed by atoms with E-state index in [1.165, 1.54) is 0 Å². The Morgan fingerprint density at radius 2 is 2.13 bits per heavy atom.